The van der Waals surface area contributed by atoms with Crippen molar-refractivity contribution >= 4 is 5.91 Å². The van der Waals surface area contributed by atoms with Crippen molar-refractivity contribution < 1.29 is 14.3 Å². The van der Waals surface area contributed by atoms with Crippen LogP contribution in [0.25, 0.3) is 0 Å². The average molecular weight is 298 g/mol. The van der Waals surface area contributed by atoms with E-state index >= 15 is 0 Å². The van der Waals surface area contributed by atoms with Crippen LogP contribution >= 0.6 is 0 Å². The lowest BCUT2D eigenvalue weighted by Crippen LogP contribution is -2.41. The molecule has 1 atom stereocenters. The number of likely N-dealkylation sites (N-methyl/N-ethyl adjacent to an activating group) is 1. The molecule has 114 valence electrons. The Bertz CT molecular complexity index is 670. The fourth-order valence-electron chi connectivity index (χ4n) is 2.36. The minimum Gasteiger partial charge on any atom is -0.486 e. The van der Waals surface area contributed by atoms with Gasteiger partial charge in [-0.1, -0.05) is 12.1 Å². The van der Waals surface area contributed by atoms with Gasteiger partial charge in [0.05, 0.1) is 12.1 Å². The average Bonchev–Trinajstić information content (AvgIpc) is 2.55. The van der Waals surface area contributed by atoms with Gasteiger partial charge in [0.25, 0.3) is 5.91 Å². The van der Waals surface area contributed by atoms with Crippen molar-refractivity contribution in [2.45, 2.75) is 13.0 Å². The number of fused-ring (bicyclic) bond motifs is 1. The molecule has 1 aliphatic rings. The molecule has 5 heteroatoms. The molecular formula is C17H18N2O3. The van der Waals surface area contributed by atoms with E-state index in [1.54, 1.807) is 24.2 Å². The third kappa shape index (κ3) is 3.03. The van der Waals surface area contributed by atoms with E-state index in [1.165, 1.54) is 0 Å². The predicted molar refractivity (Wildman–Crippen MR) is 82.3 cm³/mol. The van der Waals surface area contributed by atoms with Crippen LogP contribution in [-0.4, -0.2) is 42.1 Å². The van der Waals surface area contributed by atoms with Crippen LogP contribution in [0.2, 0.25) is 0 Å². The lowest BCUT2D eigenvalue weighted by Gasteiger charge is -2.29. The molecule has 0 unspecified atom stereocenters. The van der Waals surface area contributed by atoms with Crippen molar-refractivity contribution in [2.24, 2.45) is 0 Å². The standard InChI is InChI=1S/C17H18N2O3/c1-12-7-8-13(9-18-12)17(20)19(2)10-14-11-21-15-5-3-4-6-16(15)22-14/h3-9,14H,10-11H2,1-2H3/t14-/m0/s1. The summed E-state index contributed by atoms with van der Waals surface area (Å²) in [6.45, 7) is 2.78. The molecule has 22 heavy (non-hydrogen) atoms. The highest BCUT2D eigenvalue weighted by Crippen LogP contribution is 2.30. The van der Waals surface area contributed by atoms with E-state index in [9.17, 15) is 4.79 Å². The molecule has 5 nitrogen and oxygen atoms in total. The van der Waals surface area contributed by atoms with E-state index < -0.39 is 0 Å². The number of nitrogens with zero attached hydrogens (tertiary/aromatic N) is 2. The Hall–Kier alpha value is -2.56. The highest BCUT2D eigenvalue weighted by Gasteiger charge is 2.24. The molecule has 1 aromatic heterocycles. The fraction of sp³-hybridized carbons (Fsp3) is 0.294. The van der Waals surface area contributed by atoms with Crippen LogP contribution < -0.4 is 9.47 Å². The molecule has 0 saturated heterocycles. The quantitative estimate of drug-likeness (QED) is 0.872. The Kier molecular flexibility index (Phi) is 3.96. The first-order chi connectivity index (χ1) is 10.6. The number of benzene rings is 1. The molecule has 1 aromatic carbocycles. The van der Waals surface area contributed by atoms with Crippen LogP contribution in [0.4, 0.5) is 0 Å². The summed E-state index contributed by atoms with van der Waals surface area (Å²) in [6, 6.07) is 11.2. The van der Waals surface area contributed by atoms with Crippen molar-refractivity contribution in [2.75, 3.05) is 20.2 Å². The number of ether oxygens (including phenoxy) is 2. The van der Waals surface area contributed by atoms with Gasteiger partial charge in [0.15, 0.2) is 17.6 Å². The second-order valence-corrected chi connectivity index (χ2v) is 5.37. The summed E-state index contributed by atoms with van der Waals surface area (Å²) in [7, 11) is 1.76. The zero-order chi connectivity index (χ0) is 15.5. The Labute approximate surface area is 129 Å². The number of hydrogen-bond donors (Lipinski definition) is 0. The monoisotopic (exact) mass is 298 g/mol. The molecule has 1 amide bonds. The SMILES string of the molecule is Cc1ccc(C(=O)N(C)C[C@H]2COc3ccccc3O2)cn1. The second-order valence-electron chi connectivity index (χ2n) is 5.37. The van der Waals surface area contributed by atoms with Crippen LogP contribution in [0.15, 0.2) is 42.6 Å². The smallest absolute Gasteiger partial charge is 0.255 e. The van der Waals surface area contributed by atoms with Gasteiger partial charge in [-0.05, 0) is 31.2 Å². The predicted octanol–water partition coefficient (Wildman–Crippen LogP) is 2.30. The second kappa shape index (κ2) is 6.05. The lowest BCUT2D eigenvalue weighted by atomic mass is 10.2. The number of para-hydroxylation sites is 2. The van der Waals surface area contributed by atoms with Gasteiger partial charge in [0, 0.05) is 18.9 Å². The summed E-state index contributed by atoms with van der Waals surface area (Å²) in [5.41, 5.74) is 1.46. The highest BCUT2D eigenvalue weighted by atomic mass is 16.6. The van der Waals surface area contributed by atoms with E-state index in [0.29, 0.717) is 18.7 Å². The van der Waals surface area contributed by atoms with Crippen molar-refractivity contribution in [3.8, 4) is 11.5 Å². The van der Waals surface area contributed by atoms with Gasteiger partial charge in [0.1, 0.15) is 6.61 Å². The topological polar surface area (TPSA) is 51.7 Å². The maximum atomic E-state index is 12.4. The molecule has 1 aliphatic heterocycles. The molecular weight excluding hydrogens is 280 g/mol. The molecule has 0 spiro atoms. The van der Waals surface area contributed by atoms with Gasteiger partial charge in [-0.25, -0.2) is 0 Å². The number of aryl methyl sites for hydroxylation is 1. The van der Waals surface area contributed by atoms with Gasteiger partial charge in [-0.15, -0.1) is 0 Å². The highest BCUT2D eigenvalue weighted by molar-refractivity contribution is 5.93. The molecule has 0 N–H and O–H groups in total. The van der Waals surface area contributed by atoms with Crippen LogP contribution in [0, 0.1) is 6.92 Å². The Morgan fingerprint density at radius 1 is 1.27 bits per heavy atom. The zero-order valence-electron chi connectivity index (χ0n) is 12.7. The number of carbonyl (C=O) groups is 1. The number of amides is 1. The molecule has 0 saturated carbocycles. The van der Waals surface area contributed by atoms with E-state index in [0.717, 1.165) is 17.2 Å². The summed E-state index contributed by atoms with van der Waals surface area (Å²) in [5.74, 6) is 1.39. The first-order valence-electron chi connectivity index (χ1n) is 7.20. The van der Waals surface area contributed by atoms with Gasteiger partial charge in [0.2, 0.25) is 0 Å². The van der Waals surface area contributed by atoms with Crippen molar-refractivity contribution in [3.05, 3.63) is 53.9 Å². The van der Waals surface area contributed by atoms with Crippen LogP contribution in [-0.2, 0) is 0 Å². The normalized spacial score (nSPS) is 16.2. The van der Waals surface area contributed by atoms with E-state index in [2.05, 4.69) is 4.98 Å². The van der Waals surface area contributed by atoms with Crippen molar-refractivity contribution in [1.29, 1.82) is 0 Å². The molecule has 3 rings (SSSR count). The maximum absolute atomic E-state index is 12.4. The van der Waals surface area contributed by atoms with E-state index in [4.69, 9.17) is 9.47 Å². The van der Waals surface area contributed by atoms with Gasteiger partial charge in [-0.3, -0.25) is 9.78 Å². The molecule has 0 aliphatic carbocycles. The molecule has 0 radical (unpaired) electrons. The Morgan fingerprint density at radius 2 is 2.05 bits per heavy atom. The number of aromatic nitrogens is 1. The summed E-state index contributed by atoms with van der Waals surface area (Å²) >= 11 is 0. The van der Waals surface area contributed by atoms with E-state index in [1.807, 2.05) is 37.3 Å². The van der Waals surface area contributed by atoms with Gasteiger partial charge >= 0.3 is 0 Å². The first-order valence-corrected chi connectivity index (χ1v) is 7.20. The van der Waals surface area contributed by atoms with Crippen molar-refractivity contribution in [3.63, 3.8) is 0 Å². The fourth-order valence-corrected chi connectivity index (χ4v) is 2.36. The molecule has 0 bridgehead atoms. The zero-order valence-corrected chi connectivity index (χ0v) is 12.7. The number of carbonyl (C=O) groups excluding carboxylic acids is 1. The molecule has 2 aromatic rings. The summed E-state index contributed by atoms with van der Waals surface area (Å²) in [4.78, 5) is 18.2. The van der Waals surface area contributed by atoms with E-state index in [-0.39, 0.29) is 12.0 Å². The minimum atomic E-state index is -0.178. The van der Waals surface area contributed by atoms with Crippen LogP contribution in [0.3, 0.4) is 0 Å². The van der Waals surface area contributed by atoms with Crippen LogP contribution in [0.1, 0.15) is 16.1 Å². The number of hydrogen-bond acceptors (Lipinski definition) is 4. The van der Waals surface area contributed by atoms with Crippen LogP contribution in [0.5, 0.6) is 11.5 Å². The Morgan fingerprint density at radius 3 is 2.77 bits per heavy atom. The largest absolute Gasteiger partial charge is 0.486 e. The van der Waals surface area contributed by atoms with Gasteiger partial charge in [-0.2, -0.15) is 0 Å². The lowest BCUT2D eigenvalue weighted by molar-refractivity contribution is 0.0520. The summed E-state index contributed by atoms with van der Waals surface area (Å²) in [6.07, 6.45) is 1.42. The third-order valence-corrected chi connectivity index (χ3v) is 3.55. The minimum absolute atomic E-state index is 0.0741. The maximum Gasteiger partial charge on any atom is 0.255 e. The van der Waals surface area contributed by atoms with Gasteiger partial charge < -0.3 is 14.4 Å². The first kappa shape index (κ1) is 14.4. The summed E-state index contributed by atoms with van der Waals surface area (Å²) < 4.78 is 11.5. The van der Waals surface area contributed by atoms with Crippen molar-refractivity contribution in [1.82, 2.24) is 9.88 Å². The molecule has 2 heterocycles. The molecule has 0 fully saturated rings. The Balaban J connectivity index is 1.64. The number of rotatable bonds is 3. The summed E-state index contributed by atoms with van der Waals surface area (Å²) in [5, 5.41) is 0. The third-order valence-electron chi connectivity index (χ3n) is 3.55. The number of pyridine rings is 1.